The summed E-state index contributed by atoms with van der Waals surface area (Å²) in [5.74, 6) is -0.857. The zero-order valence-corrected chi connectivity index (χ0v) is 30.1. The van der Waals surface area contributed by atoms with Crippen LogP contribution in [0.4, 0.5) is 26.3 Å². The fraction of sp³-hybridized carbons (Fsp3) is 0.528. The van der Waals surface area contributed by atoms with Crippen molar-refractivity contribution >= 4 is 27.3 Å². The minimum Gasteiger partial charge on any atom is -0.396 e. The average molecular weight is 773 g/mol. The third kappa shape index (κ3) is 8.84. The molecule has 16 heteroatoms. The Morgan fingerprint density at radius 1 is 0.808 bits per heavy atom. The summed E-state index contributed by atoms with van der Waals surface area (Å²) in [4.78, 5) is 19.9. The summed E-state index contributed by atoms with van der Waals surface area (Å²) in [5.41, 5.74) is -1.98. The number of thiophene rings is 1. The maximum atomic E-state index is 13.8. The molecule has 8 nitrogen and oxygen atoms in total. The van der Waals surface area contributed by atoms with E-state index in [0.29, 0.717) is 77.1 Å². The molecule has 52 heavy (non-hydrogen) atoms. The smallest absolute Gasteiger partial charge is 0.396 e. The monoisotopic (exact) mass is 772 g/mol. The van der Waals surface area contributed by atoms with Gasteiger partial charge in [-0.25, -0.2) is 8.42 Å². The van der Waals surface area contributed by atoms with Crippen LogP contribution in [0.1, 0.15) is 58.3 Å². The molecule has 3 fully saturated rings. The summed E-state index contributed by atoms with van der Waals surface area (Å²) in [6.45, 7) is 3.80. The lowest BCUT2D eigenvalue weighted by molar-refractivity contribution is -0.143. The van der Waals surface area contributed by atoms with E-state index in [4.69, 9.17) is 0 Å². The number of hydrogen-bond donors (Lipinski definition) is 1. The third-order valence-electron chi connectivity index (χ3n) is 10.5. The summed E-state index contributed by atoms with van der Waals surface area (Å²) in [7, 11) is -3.65. The molecule has 0 radical (unpaired) electrons. The topological polar surface area (TPSA) is 84.4 Å². The molecule has 1 N–H and O–H groups in total. The lowest BCUT2D eigenvalue weighted by atomic mass is 9.90. The Labute approximate surface area is 303 Å². The molecule has 3 unspecified atom stereocenters. The highest BCUT2D eigenvalue weighted by Crippen LogP contribution is 2.37. The fourth-order valence-corrected chi connectivity index (χ4v) is 10.6. The minimum absolute atomic E-state index is 0.0348. The first kappa shape index (κ1) is 38.7. The van der Waals surface area contributed by atoms with E-state index in [-0.39, 0.29) is 35.5 Å². The second-order valence-electron chi connectivity index (χ2n) is 13.8. The van der Waals surface area contributed by atoms with Gasteiger partial charge in [-0.3, -0.25) is 14.6 Å². The van der Waals surface area contributed by atoms with Crippen molar-refractivity contribution in [3.63, 3.8) is 0 Å². The molecule has 3 aromatic rings. The van der Waals surface area contributed by atoms with E-state index in [9.17, 15) is 44.7 Å². The standard InChI is InChI=1S/C36H42F6N4O4S2/c37-35(38,39)28-19-27(20-29(21-28)36(40,41)42)34(48)46-11-8-30(22-32(46)17-25-5-2-1-3-6-25)43-12-14-44(15-13-43)31-7-4-10-45(23-31)52(49,50)33-18-26(9-16-47)24-51-33/h1-3,5-6,18-21,24,30-32,47H,4,7-17,22-23H2. The number of carbonyl (C=O) groups is 1. The van der Waals surface area contributed by atoms with Crippen molar-refractivity contribution in [2.24, 2.45) is 0 Å². The Hall–Kier alpha value is -3.02. The van der Waals surface area contributed by atoms with Gasteiger partial charge in [0.1, 0.15) is 4.21 Å². The summed E-state index contributed by atoms with van der Waals surface area (Å²) < 4.78 is 111. The van der Waals surface area contributed by atoms with Gasteiger partial charge in [0, 0.05) is 76.1 Å². The molecule has 3 aliphatic rings. The lowest BCUT2D eigenvalue weighted by Crippen LogP contribution is -2.59. The number of carbonyl (C=O) groups excluding carboxylic acids is 1. The molecule has 284 valence electrons. The largest absolute Gasteiger partial charge is 0.416 e. The van der Waals surface area contributed by atoms with E-state index in [2.05, 4.69) is 9.80 Å². The molecule has 3 atom stereocenters. The molecule has 3 aliphatic heterocycles. The van der Waals surface area contributed by atoms with Gasteiger partial charge in [-0.15, -0.1) is 11.3 Å². The van der Waals surface area contributed by atoms with E-state index in [0.717, 1.165) is 24.0 Å². The Morgan fingerprint density at radius 2 is 1.44 bits per heavy atom. The Morgan fingerprint density at radius 3 is 2.06 bits per heavy atom. The zero-order chi connectivity index (χ0) is 37.3. The Kier molecular flexibility index (Phi) is 11.7. The number of benzene rings is 2. The van der Waals surface area contributed by atoms with Gasteiger partial charge >= 0.3 is 12.4 Å². The molecule has 0 spiro atoms. The predicted molar refractivity (Wildman–Crippen MR) is 184 cm³/mol. The maximum absolute atomic E-state index is 13.8. The van der Waals surface area contributed by atoms with Gasteiger partial charge in [-0.05, 0) is 79.3 Å². The average Bonchev–Trinajstić information content (AvgIpc) is 3.61. The Bertz CT molecular complexity index is 1760. The highest BCUT2D eigenvalue weighted by Gasteiger charge is 2.41. The zero-order valence-electron chi connectivity index (χ0n) is 28.5. The highest BCUT2D eigenvalue weighted by molar-refractivity contribution is 7.91. The third-order valence-corrected chi connectivity index (χ3v) is 13.8. The van der Waals surface area contributed by atoms with Gasteiger partial charge in [-0.2, -0.15) is 30.6 Å². The van der Waals surface area contributed by atoms with Gasteiger partial charge in [0.2, 0.25) is 0 Å². The van der Waals surface area contributed by atoms with E-state index in [1.807, 2.05) is 30.3 Å². The summed E-state index contributed by atoms with van der Waals surface area (Å²) in [5, 5.41) is 11.0. The fourth-order valence-electron chi connectivity index (χ4n) is 7.73. The molecule has 0 aliphatic carbocycles. The first-order valence-electron chi connectivity index (χ1n) is 17.4. The van der Waals surface area contributed by atoms with Crippen molar-refractivity contribution in [1.29, 1.82) is 0 Å². The summed E-state index contributed by atoms with van der Waals surface area (Å²) in [6, 6.07) is 11.6. The van der Waals surface area contributed by atoms with Crippen LogP contribution in [0.2, 0.25) is 0 Å². The quantitative estimate of drug-likeness (QED) is 0.269. The van der Waals surface area contributed by atoms with Gasteiger partial charge in [-0.1, -0.05) is 30.3 Å². The number of nitrogens with zero attached hydrogens (tertiary/aromatic N) is 4. The van der Waals surface area contributed by atoms with E-state index < -0.39 is 51.0 Å². The molecular formula is C36H42F6N4O4S2. The predicted octanol–water partition coefficient (Wildman–Crippen LogP) is 6.01. The van der Waals surface area contributed by atoms with E-state index >= 15 is 0 Å². The second kappa shape index (κ2) is 15.8. The first-order chi connectivity index (χ1) is 24.6. The number of rotatable bonds is 9. The molecule has 2 aromatic carbocycles. The van der Waals surface area contributed by atoms with E-state index in [1.54, 1.807) is 15.8 Å². The van der Waals surface area contributed by atoms with Crippen LogP contribution in [0.15, 0.2) is 64.2 Å². The van der Waals surface area contributed by atoms with Crippen LogP contribution in [-0.4, -0.2) is 109 Å². The normalized spacial score (nSPS) is 23.2. The number of alkyl halides is 6. The molecule has 3 saturated heterocycles. The molecule has 1 aromatic heterocycles. The van der Waals surface area contributed by atoms with Gasteiger partial charge in [0.05, 0.1) is 11.1 Å². The van der Waals surface area contributed by atoms with Crippen molar-refractivity contribution in [2.45, 2.75) is 73.2 Å². The second-order valence-corrected chi connectivity index (χ2v) is 16.9. The molecule has 6 rings (SSSR count). The Balaban J connectivity index is 1.13. The summed E-state index contributed by atoms with van der Waals surface area (Å²) in [6.07, 6.45) is -6.70. The van der Waals surface area contributed by atoms with Crippen LogP contribution < -0.4 is 0 Å². The summed E-state index contributed by atoms with van der Waals surface area (Å²) >= 11 is 1.17. The molecule has 4 heterocycles. The number of aliphatic hydroxyl groups is 1. The van der Waals surface area contributed by atoms with E-state index in [1.165, 1.54) is 16.2 Å². The van der Waals surface area contributed by atoms with Crippen LogP contribution >= 0.6 is 11.3 Å². The minimum atomic E-state index is -5.06. The van der Waals surface area contributed by atoms with Crippen LogP contribution in [0, 0.1) is 0 Å². The van der Waals surface area contributed by atoms with Gasteiger partial charge < -0.3 is 10.0 Å². The number of sulfonamides is 1. The number of aliphatic hydroxyl groups excluding tert-OH is 1. The SMILES string of the molecule is O=C(c1cc(C(F)(F)F)cc(C(F)(F)F)c1)N1CCC(N2CCN(C3CCCN(S(=O)(=O)c4cc(CCO)cs4)C3)CC2)CC1Cc1ccccc1. The highest BCUT2D eigenvalue weighted by atomic mass is 32.2. The number of amides is 1. The number of halogens is 6. The van der Waals surface area contributed by atoms with Crippen molar-refractivity contribution in [3.05, 3.63) is 87.8 Å². The number of likely N-dealkylation sites (tertiary alicyclic amines) is 1. The first-order valence-corrected chi connectivity index (χ1v) is 19.8. The van der Waals surface area contributed by atoms with Crippen molar-refractivity contribution in [1.82, 2.24) is 19.0 Å². The van der Waals surface area contributed by atoms with Crippen LogP contribution in [-0.2, 0) is 35.2 Å². The number of piperidine rings is 2. The molecule has 0 bridgehead atoms. The van der Waals surface area contributed by atoms with Crippen molar-refractivity contribution in [2.75, 3.05) is 52.4 Å². The number of hydrogen-bond acceptors (Lipinski definition) is 7. The van der Waals surface area contributed by atoms with Crippen LogP contribution in [0.3, 0.4) is 0 Å². The van der Waals surface area contributed by atoms with Crippen LogP contribution in [0.25, 0.3) is 0 Å². The van der Waals surface area contributed by atoms with Gasteiger partial charge in [0.25, 0.3) is 15.9 Å². The van der Waals surface area contributed by atoms with Gasteiger partial charge in [0.15, 0.2) is 0 Å². The molecule has 0 saturated carbocycles. The molecule has 1 amide bonds. The van der Waals surface area contributed by atoms with Crippen molar-refractivity contribution < 1.29 is 44.7 Å². The maximum Gasteiger partial charge on any atom is 0.416 e. The lowest BCUT2D eigenvalue weighted by Gasteiger charge is -2.48. The number of piperazine rings is 1. The van der Waals surface area contributed by atoms with Crippen LogP contribution in [0.5, 0.6) is 0 Å². The van der Waals surface area contributed by atoms with Crippen molar-refractivity contribution in [3.8, 4) is 0 Å². The molecular weight excluding hydrogens is 731 g/mol.